The predicted octanol–water partition coefficient (Wildman–Crippen LogP) is 6.94. The molecule has 1 N–H and O–H groups in total. The standard InChI is InChI=1S/C29H22BrClN2O4/c1-36-26-15-20(14-25-28(34)33(29(35)32-25)16-18-7-10-23(31)11-8-18)13-24(30)27(26)37-17-19-6-9-21-4-2-3-5-22(21)12-19/h2-15H,16-17H2,1H3,(H,32,35)/b25-14-. The number of ether oxygens (including phenoxy) is 2. The number of hydrogen-bond acceptors (Lipinski definition) is 4. The molecular weight excluding hydrogens is 556 g/mol. The number of nitrogens with one attached hydrogen (secondary N) is 1. The zero-order valence-electron chi connectivity index (χ0n) is 19.8. The van der Waals surface area contributed by atoms with Crippen molar-refractivity contribution in [2.45, 2.75) is 13.2 Å². The topological polar surface area (TPSA) is 67.9 Å². The van der Waals surface area contributed by atoms with Crippen molar-refractivity contribution in [2.75, 3.05) is 7.11 Å². The molecule has 5 rings (SSSR count). The number of benzene rings is 4. The summed E-state index contributed by atoms with van der Waals surface area (Å²) in [6, 6.07) is 24.5. The number of nitrogens with zero attached hydrogens (tertiary/aromatic N) is 1. The Hall–Kier alpha value is -3.81. The third kappa shape index (κ3) is 5.48. The van der Waals surface area contributed by atoms with Gasteiger partial charge in [-0.15, -0.1) is 0 Å². The van der Waals surface area contributed by atoms with Crippen molar-refractivity contribution in [3.63, 3.8) is 0 Å². The van der Waals surface area contributed by atoms with Gasteiger partial charge in [0.1, 0.15) is 12.3 Å². The highest BCUT2D eigenvalue weighted by Crippen LogP contribution is 2.38. The van der Waals surface area contributed by atoms with Gasteiger partial charge in [-0.1, -0.05) is 60.1 Å². The van der Waals surface area contributed by atoms with Gasteiger partial charge < -0.3 is 14.8 Å². The third-order valence-electron chi connectivity index (χ3n) is 5.98. The molecule has 4 aromatic rings. The molecule has 1 aliphatic heterocycles. The predicted molar refractivity (Wildman–Crippen MR) is 147 cm³/mol. The van der Waals surface area contributed by atoms with E-state index in [4.69, 9.17) is 21.1 Å². The zero-order valence-corrected chi connectivity index (χ0v) is 22.2. The number of amides is 3. The Morgan fingerprint density at radius 2 is 1.68 bits per heavy atom. The summed E-state index contributed by atoms with van der Waals surface area (Å²) in [6.07, 6.45) is 1.61. The number of methoxy groups -OCH3 is 1. The Kier molecular flexibility index (Phi) is 7.17. The van der Waals surface area contributed by atoms with E-state index in [1.165, 1.54) is 5.39 Å². The summed E-state index contributed by atoms with van der Waals surface area (Å²) in [5, 5.41) is 5.55. The van der Waals surface area contributed by atoms with Crippen LogP contribution in [-0.4, -0.2) is 23.9 Å². The number of hydrogen-bond donors (Lipinski definition) is 1. The first-order valence-electron chi connectivity index (χ1n) is 11.5. The average Bonchev–Trinajstić information content (AvgIpc) is 3.16. The van der Waals surface area contributed by atoms with Gasteiger partial charge in [-0.05, 0) is 79.8 Å². The molecule has 0 aliphatic carbocycles. The van der Waals surface area contributed by atoms with Crippen molar-refractivity contribution in [2.24, 2.45) is 0 Å². The molecule has 1 saturated heterocycles. The zero-order chi connectivity index (χ0) is 25.9. The first-order chi connectivity index (χ1) is 17.9. The van der Waals surface area contributed by atoms with Crippen LogP contribution in [0.2, 0.25) is 5.02 Å². The summed E-state index contributed by atoms with van der Waals surface area (Å²) < 4.78 is 12.3. The van der Waals surface area contributed by atoms with Gasteiger partial charge in [0.2, 0.25) is 0 Å². The molecule has 1 fully saturated rings. The van der Waals surface area contributed by atoms with Crippen LogP contribution in [0.25, 0.3) is 16.8 Å². The van der Waals surface area contributed by atoms with Crippen LogP contribution in [-0.2, 0) is 17.9 Å². The normalized spacial score (nSPS) is 14.4. The molecule has 0 saturated carbocycles. The highest BCUT2D eigenvalue weighted by molar-refractivity contribution is 9.10. The number of imide groups is 1. The fraction of sp³-hybridized carbons (Fsp3) is 0.103. The van der Waals surface area contributed by atoms with Crippen LogP contribution < -0.4 is 14.8 Å². The quantitative estimate of drug-likeness (QED) is 0.191. The molecule has 0 unspecified atom stereocenters. The van der Waals surface area contributed by atoms with E-state index < -0.39 is 11.9 Å². The minimum absolute atomic E-state index is 0.147. The summed E-state index contributed by atoms with van der Waals surface area (Å²) in [7, 11) is 1.55. The maximum absolute atomic E-state index is 12.9. The Bertz CT molecular complexity index is 1540. The SMILES string of the molecule is COc1cc(/C=C2\NC(=O)N(Cc3ccc(Cl)cc3)C2=O)cc(Br)c1OCc1ccc2ccccc2c1. The Labute approximate surface area is 227 Å². The minimum Gasteiger partial charge on any atom is -0.493 e. The molecule has 6 nitrogen and oxygen atoms in total. The van der Waals surface area contributed by atoms with Crippen molar-refractivity contribution in [3.05, 3.63) is 111 Å². The van der Waals surface area contributed by atoms with Gasteiger partial charge in [-0.25, -0.2) is 4.79 Å². The van der Waals surface area contributed by atoms with E-state index in [0.717, 1.165) is 21.4 Å². The van der Waals surface area contributed by atoms with E-state index in [0.29, 0.717) is 33.2 Å². The molecule has 8 heteroatoms. The van der Waals surface area contributed by atoms with E-state index >= 15 is 0 Å². The maximum Gasteiger partial charge on any atom is 0.329 e. The van der Waals surface area contributed by atoms with E-state index in [9.17, 15) is 9.59 Å². The van der Waals surface area contributed by atoms with Crippen LogP contribution in [0.3, 0.4) is 0 Å². The van der Waals surface area contributed by atoms with Crippen LogP contribution >= 0.6 is 27.5 Å². The number of carbonyl (C=O) groups is 2. The fourth-order valence-corrected chi connectivity index (χ4v) is 4.80. The lowest BCUT2D eigenvalue weighted by atomic mass is 10.1. The van der Waals surface area contributed by atoms with Gasteiger partial charge in [0.05, 0.1) is 18.1 Å². The van der Waals surface area contributed by atoms with Gasteiger partial charge in [-0.2, -0.15) is 0 Å². The first-order valence-corrected chi connectivity index (χ1v) is 12.7. The van der Waals surface area contributed by atoms with Crippen LogP contribution in [0.4, 0.5) is 4.79 Å². The molecular formula is C29H22BrClN2O4. The van der Waals surface area contributed by atoms with Crippen molar-refractivity contribution in [1.29, 1.82) is 0 Å². The second-order valence-electron chi connectivity index (χ2n) is 8.51. The number of urea groups is 1. The summed E-state index contributed by atoms with van der Waals surface area (Å²) in [4.78, 5) is 26.6. The van der Waals surface area contributed by atoms with Gasteiger partial charge >= 0.3 is 6.03 Å². The maximum atomic E-state index is 12.9. The fourth-order valence-electron chi connectivity index (χ4n) is 4.10. The van der Waals surface area contributed by atoms with Crippen molar-refractivity contribution < 1.29 is 19.1 Å². The second-order valence-corrected chi connectivity index (χ2v) is 9.80. The monoisotopic (exact) mass is 576 g/mol. The lowest BCUT2D eigenvalue weighted by Gasteiger charge is -2.14. The van der Waals surface area contributed by atoms with Crippen LogP contribution in [0.15, 0.2) is 89.0 Å². The van der Waals surface area contributed by atoms with Crippen LogP contribution in [0, 0.1) is 0 Å². The summed E-state index contributed by atoms with van der Waals surface area (Å²) in [5.41, 5.74) is 2.67. The van der Waals surface area contributed by atoms with Crippen LogP contribution in [0.5, 0.6) is 11.5 Å². The Balaban J connectivity index is 1.33. The van der Waals surface area contributed by atoms with E-state index in [2.05, 4.69) is 45.5 Å². The minimum atomic E-state index is -0.479. The van der Waals surface area contributed by atoms with Crippen molar-refractivity contribution in [3.8, 4) is 11.5 Å². The van der Waals surface area contributed by atoms with E-state index in [1.54, 1.807) is 43.5 Å². The summed E-state index contributed by atoms with van der Waals surface area (Å²) >= 11 is 9.49. The van der Waals surface area contributed by atoms with E-state index in [1.807, 2.05) is 24.3 Å². The average molecular weight is 578 g/mol. The number of fused-ring (bicyclic) bond motifs is 1. The lowest BCUT2D eigenvalue weighted by Crippen LogP contribution is -2.30. The van der Waals surface area contributed by atoms with Gasteiger partial charge in [0, 0.05) is 5.02 Å². The number of halogens is 2. The smallest absolute Gasteiger partial charge is 0.329 e. The molecule has 0 aromatic heterocycles. The Morgan fingerprint density at radius 1 is 0.946 bits per heavy atom. The molecule has 0 radical (unpaired) electrons. The lowest BCUT2D eigenvalue weighted by molar-refractivity contribution is -0.123. The van der Waals surface area contributed by atoms with Gasteiger partial charge in [0.15, 0.2) is 11.5 Å². The molecule has 1 aliphatic rings. The Morgan fingerprint density at radius 3 is 2.43 bits per heavy atom. The molecule has 1 heterocycles. The highest BCUT2D eigenvalue weighted by Gasteiger charge is 2.33. The molecule has 4 aromatic carbocycles. The molecule has 0 bridgehead atoms. The molecule has 0 atom stereocenters. The van der Waals surface area contributed by atoms with Gasteiger partial charge in [-0.3, -0.25) is 9.69 Å². The molecule has 0 spiro atoms. The van der Waals surface area contributed by atoms with Crippen molar-refractivity contribution >= 4 is 56.3 Å². The second kappa shape index (κ2) is 10.7. The first kappa shape index (κ1) is 24.9. The molecule has 37 heavy (non-hydrogen) atoms. The molecule has 186 valence electrons. The van der Waals surface area contributed by atoms with Crippen molar-refractivity contribution in [1.82, 2.24) is 10.2 Å². The van der Waals surface area contributed by atoms with Gasteiger partial charge in [0.25, 0.3) is 5.91 Å². The molecule has 3 amide bonds. The number of carbonyl (C=O) groups excluding carboxylic acids is 2. The summed E-state index contributed by atoms with van der Waals surface area (Å²) in [6.45, 7) is 0.502. The summed E-state index contributed by atoms with van der Waals surface area (Å²) in [5.74, 6) is 0.632. The third-order valence-corrected chi connectivity index (χ3v) is 6.82. The largest absolute Gasteiger partial charge is 0.493 e. The van der Waals surface area contributed by atoms with E-state index in [-0.39, 0.29) is 12.2 Å². The number of rotatable bonds is 7. The van der Waals surface area contributed by atoms with Crippen LogP contribution in [0.1, 0.15) is 16.7 Å². The highest BCUT2D eigenvalue weighted by atomic mass is 79.9.